The molecule has 0 atom stereocenters. The van der Waals surface area contributed by atoms with Crippen LogP contribution in [0.4, 0.5) is 0 Å². The van der Waals surface area contributed by atoms with E-state index in [4.69, 9.17) is 11.8 Å². The molecule has 0 amide bonds. The van der Waals surface area contributed by atoms with Crippen molar-refractivity contribution < 1.29 is 4.00 Å². The van der Waals surface area contributed by atoms with Crippen molar-refractivity contribution in [1.82, 2.24) is 0 Å². The van der Waals surface area contributed by atoms with Crippen LogP contribution in [-0.2, 0) is 0 Å². The van der Waals surface area contributed by atoms with E-state index >= 15 is 0 Å². The van der Waals surface area contributed by atoms with E-state index < -0.39 is 0 Å². The van der Waals surface area contributed by atoms with Gasteiger partial charge in [0.25, 0.3) is 0 Å². The molecule has 0 bridgehead atoms. The van der Waals surface area contributed by atoms with Crippen molar-refractivity contribution >= 4 is 11.8 Å². The van der Waals surface area contributed by atoms with Gasteiger partial charge in [0.05, 0.1) is 21.1 Å². The van der Waals surface area contributed by atoms with Gasteiger partial charge in [0.15, 0.2) is 11.8 Å². The van der Waals surface area contributed by atoms with Crippen molar-refractivity contribution in [3.8, 4) is 0 Å². The first-order valence-electron chi connectivity index (χ1n) is 2.72. The fraction of sp³-hybridized carbons (Fsp3) is 0.833. The summed E-state index contributed by atoms with van der Waals surface area (Å²) in [5.74, 6) is 0. The fourth-order valence-corrected chi connectivity index (χ4v) is 0. The molecule has 0 aromatic carbocycles. The lowest BCUT2D eigenvalue weighted by Crippen LogP contribution is -2.19. The maximum atomic E-state index is 5.47. The normalized spacial score (nSPS) is 9.75. The van der Waals surface area contributed by atoms with Crippen LogP contribution in [0, 0.1) is 6.92 Å². The highest BCUT2D eigenvalue weighted by Crippen LogP contribution is 1.91. The number of halogens is 1. The minimum atomic E-state index is 0.472. The molecule has 1 radical (unpaired) electrons. The third kappa shape index (κ3) is 2760. The van der Waals surface area contributed by atoms with Crippen LogP contribution < -0.4 is 0 Å². The van der Waals surface area contributed by atoms with Gasteiger partial charge in [0, 0.05) is 0 Å². The first-order chi connectivity index (χ1) is 3.41. The SMILES string of the molecule is C[N+](C)(C)Cl.[CH2]CC. The average molecular weight is 138 g/mol. The quantitative estimate of drug-likeness (QED) is 0.449. The summed E-state index contributed by atoms with van der Waals surface area (Å²) in [6, 6.07) is 0. The molecule has 0 saturated heterocycles. The Bertz CT molecular complexity index is 32.3. The molecule has 0 rings (SSSR count). The summed E-state index contributed by atoms with van der Waals surface area (Å²) in [4.78, 5) is 0. The van der Waals surface area contributed by atoms with E-state index in [2.05, 4.69) is 6.92 Å². The smallest absolute Gasteiger partial charge is 0.164 e. The average Bonchev–Trinajstić information content (AvgIpc) is 1.27. The van der Waals surface area contributed by atoms with E-state index in [1.54, 1.807) is 0 Å². The lowest BCUT2D eigenvalue weighted by atomic mass is 10.6. The van der Waals surface area contributed by atoms with Crippen molar-refractivity contribution in [2.24, 2.45) is 0 Å². The highest BCUT2D eigenvalue weighted by atomic mass is 35.5. The van der Waals surface area contributed by atoms with Gasteiger partial charge in [-0.2, -0.15) is 0 Å². The van der Waals surface area contributed by atoms with Crippen LogP contribution in [0.5, 0.6) is 0 Å². The highest BCUT2D eigenvalue weighted by Gasteiger charge is 1.95. The van der Waals surface area contributed by atoms with E-state index in [1.165, 1.54) is 0 Å². The molecule has 0 aliphatic heterocycles. The third-order valence-corrected chi connectivity index (χ3v) is 0. The van der Waals surface area contributed by atoms with E-state index in [-0.39, 0.29) is 0 Å². The molecule has 51 valence electrons. The lowest BCUT2D eigenvalue weighted by Gasteiger charge is -2.07. The summed E-state index contributed by atoms with van der Waals surface area (Å²) < 4.78 is 0.472. The largest absolute Gasteiger partial charge is 0.229 e. The van der Waals surface area contributed by atoms with Crippen molar-refractivity contribution in [3.05, 3.63) is 6.92 Å². The van der Waals surface area contributed by atoms with Gasteiger partial charge in [0.1, 0.15) is 0 Å². The Kier molecular flexibility index (Phi) is 7.48. The summed E-state index contributed by atoms with van der Waals surface area (Å²) in [7, 11) is 5.67. The van der Waals surface area contributed by atoms with E-state index in [9.17, 15) is 0 Å². The molecule has 0 aliphatic rings. The Hall–Kier alpha value is 0.250. The van der Waals surface area contributed by atoms with Crippen LogP contribution in [-0.4, -0.2) is 25.1 Å². The molecule has 0 fully saturated rings. The molecule has 0 saturated carbocycles. The lowest BCUT2D eigenvalue weighted by molar-refractivity contribution is -0.747. The topological polar surface area (TPSA) is 0 Å². The van der Waals surface area contributed by atoms with Crippen LogP contribution in [0.1, 0.15) is 13.3 Å². The van der Waals surface area contributed by atoms with Gasteiger partial charge in [-0.05, 0) is 0 Å². The number of hydrogen-bond acceptors (Lipinski definition) is 0. The molecule has 8 heavy (non-hydrogen) atoms. The fourth-order valence-electron chi connectivity index (χ4n) is 0. The van der Waals surface area contributed by atoms with E-state index in [0.29, 0.717) is 4.00 Å². The van der Waals surface area contributed by atoms with Crippen LogP contribution in [0.2, 0.25) is 0 Å². The van der Waals surface area contributed by atoms with Crippen molar-refractivity contribution in [3.63, 3.8) is 0 Å². The summed E-state index contributed by atoms with van der Waals surface area (Å²) in [6.45, 7) is 5.50. The zero-order chi connectivity index (χ0) is 7.21. The van der Waals surface area contributed by atoms with Gasteiger partial charge < -0.3 is 0 Å². The Labute approximate surface area is 58.0 Å². The Morgan fingerprint density at radius 3 is 1.38 bits per heavy atom. The first kappa shape index (κ1) is 11.1. The zero-order valence-electron chi connectivity index (χ0n) is 6.24. The molecule has 0 heterocycles. The van der Waals surface area contributed by atoms with Crippen molar-refractivity contribution in [1.29, 1.82) is 0 Å². The molecule has 0 aliphatic carbocycles. The molecule has 0 unspecified atom stereocenters. The molecule has 2 heteroatoms. The van der Waals surface area contributed by atoms with Crippen molar-refractivity contribution in [2.75, 3.05) is 21.1 Å². The molecular weight excluding hydrogens is 122 g/mol. The van der Waals surface area contributed by atoms with Crippen molar-refractivity contribution in [2.45, 2.75) is 13.3 Å². The van der Waals surface area contributed by atoms with Crippen LogP contribution >= 0.6 is 11.8 Å². The van der Waals surface area contributed by atoms with Gasteiger partial charge in [-0.3, -0.25) is 0 Å². The minimum Gasteiger partial charge on any atom is -0.229 e. The first-order valence-corrected chi connectivity index (χ1v) is 3.06. The number of rotatable bonds is 0. The monoisotopic (exact) mass is 137 g/mol. The number of nitrogens with zero attached hydrogens (tertiary/aromatic N) is 1. The minimum absolute atomic E-state index is 0.472. The molecule has 1 nitrogen and oxygen atoms in total. The molecule has 0 N–H and O–H groups in total. The summed E-state index contributed by atoms with van der Waals surface area (Å²) in [6.07, 6.45) is 1.00. The van der Waals surface area contributed by atoms with Crippen LogP contribution in [0.15, 0.2) is 0 Å². The second kappa shape index (κ2) is 5.39. The van der Waals surface area contributed by atoms with Gasteiger partial charge in [0.2, 0.25) is 0 Å². The third-order valence-electron chi connectivity index (χ3n) is 0. The standard InChI is InChI=1S/C3H9ClN.C3H7/c1-5(2,3)4;1-3-2/h1-3H3;1,3H2,2H3/q+1;. The zero-order valence-corrected chi connectivity index (χ0v) is 7.00. The Balaban J connectivity index is 0. The van der Waals surface area contributed by atoms with E-state index in [0.717, 1.165) is 6.42 Å². The van der Waals surface area contributed by atoms with Gasteiger partial charge in [-0.1, -0.05) is 20.3 Å². The van der Waals surface area contributed by atoms with Gasteiger partial charge in [-0.25, -0.2) is 4.00 Å². The summed E-state index contributed by atoms with van der Waals surface area (Å²) in [5, 5.41) is 0. The van der Waals surface area contributed by atoms with Gasteiger partial charge in [-0.15, -0.1) is 0 Å². The molecule has 0 spiro atoms. The number of hydrogen-bond donors (Lipinski definition) is 0. The van der Waals surface area contributed by atoms with Gasteiger partial charge >= 0.3 is 0 Å². The van der Waals surface area contributed by atoms with Crippen LogP contribution in [0.25, 0.3) is 0 Å². The molecular formula is C6H16ClN+. The summed E-state index contributed by atoms with van der Waals surface area (Å²) >= 11 is 5.47. The molecule has 0 aromatic rings. The Morgan fingerprint density at radius 1 is 1.38 bits per heavy atom. The predicted octanol–water partition coefficient (Wildman–Crippen LogP) is 2.08. The predicted molar refractivity (Wildman–Crippen MR) is 39.5 cm³/mol. The maximum Gasteiger partial charge on any atom is 0.164 e. The second-order valence-electron chi connectivity index (χ2n) is 2.35. The maximum absolute atomic E-state index is 5.47. The molecule has 0 aromatic heterocycles. The van der Waals surface area contributed by atoms with E-state index in [1.807, 2.05) is 28.1 Å². The van der Waals surface area contributed by atoms with Crippen LogP contribution in [0.3, 0.4) is 0 Å². The summed E-state index contributed by atoms with van der Waals surface area (Å²) in [5.41, 5.74) is 0. The number of quaternary nitrogens is 1. The second-order valence-corrected chi connectivity index (χ2v) is 3.36. The highest BCUT2D eigenvalue weighted by molar-refractivity contribution is 6.06. The Morgan fingerprint density at radius 2 is 1.38 bits per heavy atom.